The SMILES string of the molecule is COc1cnc2c(-c3nc4cc(F)c(OC(C)C(C)OC(N)=O)cc4s3)cc(C)cc2n1. The molecule has 0 aliphatic carbocycles. The molecule has 2 atom stereocenters. The third kappa shape index (κ3) is 4.26. The van der Waals surface area contributed by atoms with Crippen LogP contribution in [0.3, 0.4) is 0 Å². The predicted molar refractivity (Wildman–Crippen MR) is 120 cm³/mol. The molecule has 166 valence electrons. The van der Waals surface area contributed by atoms with Crippen molar-refractivity contribution in [3.63, 3.8) is 0 Å². The van der Waals surface area contributed by atoms with Crippen molar-refractivity contribution < 1.29 is 23.4 Å². The Kier molecular flexibility index (Phi) is 5.79. The Labute approximate surface area is 187 Å². The van der Waals surface area contributed by atoms with Crippen molar-refractivity contribution in [2.75, 3.05) is 7.11 Å². The number of hydrogen-bond acceptors (Lipinski definition) is 8. The lowest BCUT2D eigenvalue weighted by atomic mass is 10.1. The molecule has 0 saturated heterocycles. The van der Waals surface area contributed by atoms with Crippen LogP contribution in [-0.4, -0.2) is 40.4 Å². The van der Waals surface area contributed by atoms with Gasteiger partial charge in [0.15, 0.2) is 11.6 Å². The number of benzene rings is 2. The van der Waals surface area contributed by atoms with E-state index in [2.05, 4.69) is 15.0 Å². The molecule has 0 bridgehead atoms. The number of hydrogen-bond donors (Lipinski definition) is 1. The highest BCUT2D eigenvalue weighted by Gasteiger charge is 2.20. The minimum atomic E-state index is -0.915. The van der Waals surface area contributed by atoms with Gasteiger partial charge in [0, 0.05) is 17.7 Å². The molecule has 2 unspecified atom stereocenters. The van der Waals surface area contributed by atoms with Crippen molar-refractivity contribution in [2.24, 2.45) is 5.73 Å². The first-order valence-electron chi connectivity index (χ1n) is 9.79. The summed E-state index contributed by atoms with van der Waals surface area (Å²) in [5, 5.41) is 0.684. The van der Waals surface area contributed by atoms with Crippen LogP contribution in [-0.2, 0) is 4.74 Å². The van der Waals surface area contributed by atoms with E-state index in [1.54, 1.807) is 26.1 Å². The second kappa shape index (κ2) is 8.54. The lowest BCUT2D eigenvalue weighted by Gasteiger charge is -2.21. The lowest BCUT2D eigenvalue weighted by molar-refractivity contribution is 0.0379. The minimum Gasteiger partial charge on any atom is -0.484 e. The van der Waals surface area contributed by atoms with Crippen molar-refractivity contribution in [1.82, 2.24) is 15.0 Å². The Hall–Kier alpha value is -3.53. The van der Waals surface area contributed by atoms with E-state index in [9.17, 15) is 9.18 Å². The molecule has 2 heterocycles. The minimum absolute atomic E-state index is 0.0405. The van der Waals surface area contributed by atoms with Crippen molar-refractivity contribution in [1.29, 1.82) is 0 Å². The molecule has 0 aliphatic heterocycles. The van der Waals surface area contributed by atoms with Crippen molar-refractivity contribution in [3.05, 3.63) is 41.8 Å². The monoisotopic (exact) mass is 456 g/mol. The number of rotatable bonds is 6. The summed E-state index contributed by atoms with van der Waals surface area (Å²) in [4.78, 5) is 24.5. The van der Waals surface area contributed by atoms with Crippen LogP contribution in [0.5, 0.6) is 11.6 Å². The molecule has 32 heavy (non-hydrogen) atoms. The molecular weight excluding hydrogens is 435 g/mol. The number of thiazole rings is 1. The summed E-state index contributed by atoms with van der Waals surface area (Å²) in [5.74, 6) is -0.101. The fraction of sp³-hybridized carbons (Fsp3) is 0.273. The molecular formula is C22H21FN4O4S. The molecule has 0 spiro atoms. The number of aryl methyl sites for hydroxylation is 1. The number of aromatic nitrogens is 3. The number of fused-ring (bicyclic) bond motifs is 2. The van der Waals surface area contributed by atoms with Crippen LogP contribution >= 0.6 is 11.3 Å². The molecule has 4 aromatic rings. The number of carbonyl (C=O) groups is 1. The van der Waals surface area contributed by atoms with Gasteiger partial charge < -0.3 is 19.9 Å². The number of nitrogens with zero attached hydrogens (tertiary/aromatic N) is 3. The highest BCUT2D eigenvalue weighted by molar-refractivity contribution is 7.21. The molecule has 2 aromatic heterocycles. The number of ether oxygens (including phenoxy) is 3. The van der Waals surface area contributed by atoms with Gasteiger partial charge in [-0.3, -0.25) is 0 Å². The van der Waals surface area contributed by atoms with Crippen molar-refractivity contribution >= 4 is 38.7 Å². The summed E-state index contributed by atoms with van der Waals surface area (Å²) in [7, 11) is 1.54. The van der Waals surface area contributed by atoms with Crippen LogP contribution in [0.2, 0.25) is 0 Å². The van der Waals surface area contributed by atoms with Crippen LogP contribution in [0.25, 0.3) is 31.8 Å². The van der Waals surface area contributed by atoms with Crippen LogP contribution in [0.1, 0.15) is 19.4 Å². The Morgan fingerprint density at radius 1 is 1.12 bits per heavy atom. The summed E-state index contributed by atoms with van der Waals surface area (Å²) >= 11 is 1.39. The summed E-state index contributed by atoms with van der Waals surface area (Å²) in [6.45, 7) is 5.25. The Balaban J connectivity index is 1.73. The summed E-state index contributed by atoms with van der Waals surface area (Å²) in [6.07, 6.45) is -0.611. The standard InChI is InChI=1S/C22H21FN4O4S/c1-10-5-13(20-16(6-10)26-19(29-4)9-25-20)21-27-15-7-14(23)17(8-18(15)32-21)30-11(2)12(3)31-22(24)28/h5-9,11-12H,1-4H3,(H2,24,28). The quantitative estimate of drug-likeness (QED) is 0.451. The zero-order valence-corrected chi connectivity index (χ0v) is 18.7. The van der Waals surface area contributed by atoms with Gasteiger partial charge in [-0.2, -0.15) is 0 Å². The van der Waals surface area contributed by atoms with E-state index < -0.39 is 24.1 Å². The van der Waals surface area contributed by atoms with E-state index in [4.69, 9.17) is 19.9 Å². The van der Waals surface area contributed by atoms with Gasteiger partial charge in [-0.15, -0.1) is 11.3 Å². The van der Waals surface area contributed by atoms with E-state index in [1.807, 2.05) is 19.1 Å². The first-order valence-corrected chi connectivity index (χ1v) is 10.6. The number of halogens is 1. The zero-order valence-electron chi connectivity index (χ0n) is 17.9. The largest absolute Gasteiger partial charge is 0.484 e. The second-order valence-electron chi connectivity index (χ2n) is 7.33. The van der Waals surface area contributed by atoms with Crippen LogP contribution in [0, 0.1) is 12.7 Å². The maximum Gasteiger partial charge on any atom is 0.404 e. The number of methoxy groups -OCH3 is 1. The Bertz CT molecular complexity index is 1330. The van der Waals surface area contributed by atoms with Gasteiger partial charge >= 0.3 is 6.09 Å². The molecule has 1 amide bonds. The molecule has 8 nitrogen and oxygen atoms in total. The zero-order chi connectivity index (χ0) is 23.0. The van der Waals surface area contributed by atoms with Crippen LogP contribution < -0.4 is 15.2 Å². The van der Waals surface area contributed by atoms with Gasteiger partial charge in [-0.05, 0) is 38.5 Å². The number of nitrogens with two attached hydrogens (primary N) is 1. The molecule has 2 aromatic carbocycles. The number of carbonyl (C=O) groups excluding carboxylic acids is 1. The Morgan fingerprint density at radius 3 is 2.62 bits per heavy atom. The van der Waals surface area contributed by atoms with Gasteiger partial charge in [0.1, 0.15) is 17.2 Å². The maximum atomic E-state index is 14.7. The molecule has 2 N–H and O–H groups in total. The first kappa shape index (κ1) is 21.7. The van der Waals surface area contributed by atoms with E-state index in [0.717, 1.165) is 15.8 Å². The molecule has 0 aliphatic rings. The highest BCUT2D eigenvalue weighted by Crippen LogP contribution is 2.37. The van der Waals surface area contributed by atoms with Crippen molar-refractivity contribution in [2.45, 2.75) is 33.0 Å². The first-order chi connectivity index (χ1) is 15.2. The second-order valence-corrected chi connectivity index (χ2v) is 8.36. The third-order valence-electron chi connectivity index (χ3n) is 4.93. The van der Waals surface area contributed by atoms with E-state index >= 15 is 0 Å². The van der Waals surface area contributed by atoms with Gasteiger partial charge in [0.25, 0.3) is 0 Å². The average molecular weight is 456 g/mol. The normalized spacial score (nSPS) is 13.2. The summed E-state index contributed by atoms with van der Waals surface area (Å²) in [6, 6.07) is 6.81. The van der Waals surface area contributed by atoms with E-state index in [-0.39, 0.29) is 5.75 Å². The topological polar surface area (TPSA) is 109 Å². The Morgan fingerprint density at radius 2 is 1.91 bits per heavy atom. The van der Waals surface area contributed by atoms with E-state index in [1.165, 1.54) is 24.5 Å². The third-order valence-corrected chi connectivity index (χ3v) is 5.98. The number of amides is 1. The van der Waals surface area contributed by atoms with Crippen LogP contribution in [0.4, 0.5) is 9.18 Å². The van der Waals surface area contributed by atoms with E-state index in [0.29, 0.717) is 27.4 Å². The van der Waals surface area contributed by atoms with Gasteiger partial charge in [-0.1, -0.05) is 0 Å². The molecule has 0 saturated carbocycles. The van der Waals surface area contributed by atoms with Gasteiger partial charge in [-0.25, -0.2) is 24.1 Å². The molecule has 0 radical (unpaired) electrons. The fourth-order valence-corrected chi connectivity index (χ4v) is 4.21. The van der Waals surface area contributed by atoms with Gasteiger partial charge in [0.2, 0.25) is 5.88 Å². The average Bonchev–Trinajstić information content (AvgIpc) is 3.14. The molecule has 10 heteroatoms. The predicted octanol–water partition coefficient (Wildman–Crippen LogP) is 4.61. The van der Waals surface area contributed by atoms with Crippen molar-refractivity contribution in [3.8, 4) is 22.2 Å². The lowest BCUT2D eigenvalue weighted by Crippen LogP contribution is -2.33. The summed E-state index contributed by atoms with van der Waals surface area (Å²) in [5.41, 5.74) is 8.69. The summed E-state index contributed by atoms with van der Waals surface area (Å²) < 4.78 is 31.2. The fourth-order valence-electron chi connectivity index (χ4n) is 3.22. The highest BCUT2D eigenvalue weighted by atomic mass is 32.1. The molecule has 0 fully saturated rings. The maximum absolute atomic E-state index is 14.7. The van der Waals surface area contributed by atoms with Gasteiger partial charge in [0.05, 0.1) is 34.6 Å². The number of primary amides is 1. The molecule has 4 rings (SSSR count). The van der Waals surface area contributed by atoms with Crippen LogP contribution in [0.15, 0.2) is 30.5 Å². The smallest absolute Gasteiger partial charge is 0.404 e.